The summed E-state index contributed by atoms with van der Waals surface area (Å²) < 4.78 is 0. The first-order valence-corrected chi connectivity index (χ1v) is 12.4. The van der Waals surface area contributed by atoms with Crippen molar-refractivity contribution in [3.8, 4) is 0 Å². The summed E-state index contributed by atoms with van der Waals surface area (Å²) in [6.45, 7) is 12.8. The minimum absolute atomic E-state index is 0.0287. The van der Waals surface area contributed by atoms with Crippen LogP contribution in [-0.4, -0.2) is 71.8 Å². The number of hydrogen-bond donors (Lipinski definition) is 0. The van der Waals surface area contributed by atoms with Gasteiger partial charge >= 0.3 is 0 Å². The van der Waals surface area contributed by atoms with Gasteiger partial charge in [0.05, 0.1) is 6.57 Å². The van der Waals surface area contributed by atoms with Crippen LogP contribution in [0.15, 0.2) is 24.3 Å². The molecule has 0 aromatic heterocycles. The second kappa shape index (κ2) is 8.86. The van der Waals surface area contributed by atoms with Crippen molar-refractivity contribution in [1.29, 1.82) is 0 Å². The van der Waals surface area contributed by atoms with E-state index in [1.165, 1.54) is 19.3 Å². The summed E-state index contributed by atoms with van der Waals surface area (Å²) in [5, 5.41) is 0. The van der Waals surface area contributed by atoms with Gasteiger partial charge in [0.1, 0.15) is 0 Å². The lowest BCUT2D eigenvalue weighted by molar-refractivity contribution is -0.145. The van der Waals surface area contributed by atoms with Gasteiger partial charge in [-0.2, -0.15) is 0 Å². The van der Waals surface area contributed by atoms with E-state index in [1.54, 1.807) is 18.2 Å². The van der Waals surface area contributed by atoms with Gasteiger partial charge < -0.3 is 9.80 Å². The number of rotatable bonds is 3. The van der Waals surface area contributed by atoms with Crippen LogP contribution in [0.3, 0.4) is 0 Å². The average molecular weight is 435 g/mol. The van der Waals surface area contributed by atoms with Crippen LogP contribution in [0, 0.1) is 17.9 Å². The molecule has 2 aliphatic heterocycles. The van der Waals surface area contributed by atoms with E-state index in [1.807, 2.05) is 11.0 Å². The van der Waals surface area contributed by atoms with Crippen LogP contribution >= 0.6 is 0 Å². The summed E-state index contributed by atoms with van der Waals surface area (Å²) >= 11 is 0. The van der Waals surface area contributed by atoms with Crippen molar-refractivity contribution in [2.24, 2.45) is 11.3 Å². The number of para-hydroxylation sites is 1. The molecule has 0 atom stereocenters. The molecule has 2 amide bonds. The molecule has 0 N–H and O–H groups in total. The van der Waals surface area contributed by atoms with Crippen LogP contribution in [0.5, 0.6) is 0 Å². The molecule has 32 heavy (non-hydrogen) atoms. The fourth-order valence-corrected chi connectivity index (χ4v) is 6.21. The summed E-state index contributed by atoms with van der Waals surface area (Å²) in [5.74, 6) is 0.518. The Bertz CT molecular complexity index is 903. The van der Waals surface area contributed by atoms with Crippen LogP contribution in [0.4, 0.5) is 5.69 Å². The van der Waals surface area contributed by atoms with Crippen molar-refractivity contribution in [3.63, 3.8) is 0 Å². The van der Waals surface area contributed by atoms with E-state index < -0.39 is 0 Å². The smallest absolute Gasteiger partial charge is 0.243 e. The first-order valence-electron chi connectivity index (χ1n) is 12.4. The number of carbonyl (C=O) groups excluding carboxylic acids is 2. The molecule has 6 heteroatoms. The van der Waals surface area contributed by atoms with Crippen molar-refractivity contribution >= 4 is 17.5 Å². The fourth-order valence-electron chi connectivity index (χ4n) is 6.21. The Morgan fingerprint density at radius 2 is 1.66 bits per heavy atom. The van der Waals surface area contributed by atoms with Crippen LogP contribution in [0.1, 0.15) is 61.7 Å². The van der Waals surface area contributed by atoms with Crippen LogP contribution in [-0.2, 0) is 4.79 Å². The molecule has 0 radical (unpaired) electrons. The van der Waals surface area contributed by atoms with Crippen LogP contribution in [0.2, 0.25) is 0 Å². The standard InChI is InChI=1S/C26H34N4O2/c1-27-23-9-3-2-8-22(23)25(32)30-14-10-26(11-15-30)18-20(19-26)24(31)29-13-5-12-28(16-17-29)21-6-4-7-21/h2-3,8-9,20-21H,4-7,10-19H2. The SMILES string of the molecule is [C-]#[N+]c1ccccc1C(=O)N1CCC2(CC1)CC(C(=O)N1CCCN(C3CCC3)CC1)C2. The zero-order chi connectivity index (χ0) is 22.1. The molecule has 1 spiro atoms. The molecule has 4 aliphatic rings. The van der Waals surface area contributed by atoms with Gasteiger partial charge in [-0.25, -0.2) is 4.85 Å². The first-order chi connectivity index (χ1) is 15.6. The fraction of sp³-hybridized carbons (Fsp3) is 0.654. The van der Waals surface area contributed by atoms with Crippen molar-refractivity contribution in [1.82, 2.24) is 14.7 Å². The molecule has 0 unspecified atom stereocenters. The zero-order valence-electron chi connectivity index (χ0n) is 19.0. The van der Waals surface area contributed by atoms with Gasteiger partial charge in [-0.05, 0) is 50.4 Å². The lowest BCUT2D eigenvalue weighted by atomic mass is 9.57. The summed E-state index contributed by atoms with van der Waals surface area (Å²) in [6.07, 6.45) is 9.04. The number of carbonyl (C=O) groups is 2. The Balaban J connectivity index is 1.11. The van der Waals surface area contributed by atoms with Gasteiger partial charge in [-0.3, -0.25) is 14.5 Å². The Morgan fingerprint density at radius 3 is 2.34 bits per heavy atom. The summed E-state index contributed by atoms with van der Waals surface area (Å²) in [5.41, 5.74) is 1.18. The van der Waals surface area contributed by atoms with Crippen LogP contribution in [0.25, 0.3) is 4.85 Å². The van der Waals surface area contributed by atoms with Gasteiger partial charge in [-0.1, -0.05) is 30.7 Å². The van der Waals surface area contributed by atoms with E-state index in [2.05, 4.69) is 14.6 Å². The largest absolute Gasteiger partial charge is 0.341 e. The minimum atomic E-state index is -0.0287. The Labute approximate surface area is 191 Å². The summed E-state index contributed by atoms with van der Waals surface area (Å²) in [6, 6.07) is 7.86. The van der Waals surface area contributed by atoms with Crippen molar-refractivity contribution in [2.75, 3.05) is 39.3 Å². The van der Waals surface area contributed by atoms with Crippen molar-refractivity contribution < 1.29 is 9.59 Å². The third-order valence-corrected chi connectivity index (χ3v) is 8.51. The number of amides is 2. The second-order valence-corrected chi connectivity index (χ2v) is 10.3. The molecule has 5 rings (SSSR count). The first kappa shape index (κ1) is 21.5. The Kier molecular flexibility index (Phi) is 5.94. The predicted molar refractivity (Wildman–Crippen MR) is 123 cm³/mol. The van der Waals surface area contributed by atoms with E-state index in [9.17, 15) is 9.59 Å². The van der Waals surface area contributed by atoms with Crippen LogP contribution < -0.4 is 0 Å². The Hall–Kier alpha value is -2.39. The normalized spacial score (nSPS) is 24.3. The number of hydrogen-bond acceptors (Lipinski definition) is 3. The predicted octanol–water partition coefficient (Wildman–Crippen LogP) is 3.96. The van der Waals surface area contributed by atoms with Gasteiger partial charge in [0.2, 0.25) is 11.8 Å². The van der Waals surface area contributed by atoms with Crippen molar-refractivity contribution in [3.05, 3.63) is 41.2 Å². The number of likely N-dealkylation sites (tertiary alicyclic amines) is 1. The molecule has 1 aromatic carbocycles. The molecule has 1 aromatic rings. The lowest BCUT2D eigenvalue weighted by Crippen LogP contribution is -2.53. The minimum Gasteiger partial charge on any atom is -0.341 e. The highest BCUT2D eigenvalue weighted by molar-refractivity contribution is 5.99. The molecule has 170 valence electrons. The molecule has 2 saturated heterocycles. The highest BCUT2D eigenvalue weighted by Crippen LogP contribution is 2.53. The number of piperidine rings is 1. The van der Waals surface area contributed by atoms with Crippen molar-refractivity contribution in [2.45, 2.75) is 57.4 Å². The zero-order valence-corrected chi connectivity index (χ0v) is 19.0. The van der Waals surface area contributed by atoms with Gasteiger partial charge in [0.15, 0.2) is 5.69 Å². The molecular weight excluding hydrogens is 400 g/mol. The molecule has 4 fully saturated rings. The third-order valence-electron chi connectivity index (χ3n) is 8.51. The molecule has 0 bridgehead atoms. The molecule has 6 nitrogen and oxygen atoms in total. The summed E-state index contributed by atoms with van der Waals surface area (Å²) in [4.78, 5) is 36.2. The van der Waals surface area contributed by atoms with E-state index in [4.69, 9.17) is 6.57 Å². The van der Waals surface area contributed by atoms with E-state index >= 15 is 0 Å². The average Bonchev–Trinajstić information content (AvgIpc) is 3.01. The lowest BCUT2D eigenvalue weighted by Gasteiger charge is -2.52. The molecule has 2 saturated carbocycles. The molecule has 2 heterocycles. The maximum absolute atomic E-state index is 13.2. The summed E-state index contributed by atoms with van der Waals surface area (Å²) in [7, 11) is 0. The van der Waals surface area contributed by atoms with E-state index in [-0.39, 0.29) is 17.2 Å². The van der Waals surface area contributed by atoms with E-state index in [0.717, 1.165) is 77.4 Å². The highest BCUT2D eigenvalue weighted by atomic mass is 16.2. The maximum atomic E-state index is 13.2. The highest BCUT2D eigenvalue weighted by Gasteiger charge is 2.50. The second-order valence-electron chi connectivity index (χ2n) is 10.3. The maximum Gasteiger partial charge on any atom is 0.243 e. The third kappa shape index (κ3) is 4.03. The van der Waals surface area contributed by atoms with Gasteiger partial charge in [-0.15, -0.1) is 0 Å². The monoisotopic (exact) mass is 434 g/mol. The number of nitrogens with zero attached hydrogens (tertiary/aromatic N) is 4. The topological polar surface area (TPSA) is 48.2 Å². The molecule has 2 aliphatic carbocycles. The quantitative estimate of drug-likeness (QED) is 0.677. The van der Waals surface area contributed by atoms with Gasteiger partial charge in [0, 0.05) is 56.8 Å². The molecular formula is C26H34N4O2. The van der Waals surface area contributed by atoms with Gasteiger partial charge in [0.25, 0.3) is 0 Å². The Morgan fingerprint density at radius 1 is 0.906 bits per heavy atom. The number of benzene rings is 1. The van der Waals surface area contributed by atoms with E-state index in [0.29, 0.717) is 17.2 Å².